The Labute approximate surface area is 100 Å². The molecule has 0 unspecified atom stereocenters. The second kappa shape index (κ2) is 6.48. The summed E-state index contributed by atoms with van der Waals surface area (Å²) in [5.41, 5.74) is 1.00. The van der Waals surface area contributed by atoms with E-state index < -0.39 is 5.97 Å². The summed E-state index contributed by atoms with van der Waals surface area (Å²) in [4.78, 5) is 22.8. The van der Waals surface area contributed by atoms with Crippen LogP contribution in [0.15, 0.2) is 42.1 Å². The number of nitrogens with one attached hydrogen (secondary N) is 1. The molecule has 0 saturated carbocycles. The summed E-state index contributed by atoms with van der Waals surface area (Å²) < 4.78 is 4.73. The first-order valence-electron chi connectivity index (χ1n) is 5.35. The third-order valence-electron chi connectivity index (χ3n) is 1.97. The van der Waals surface area contributed by atoms with Gasteiger partial charge in [0.05, 0.1) is 6.61 Å². The van der Waals surface area contributed by atoms with Crippen molar-refractivity contribution in [2.45, 2.75) is 13.8 Å². The van der Waals surface area contributed by atoms with Gasteiger partial charge >= 0.3 is 5.97 Å². The predicted molar refractivity (Wildman–Crippen MR) is 64.3 cm³/mol. The Morgan fingerprint density at radius 3 is 2.53 bits per heavy atom. The lowest BCUT2D eigenvalue weighted by Gasteiger charge is -2.05. The van der Waals surface area contributed by atoms with Gasteiger partial charge in [0.2, 0.25) is 0 Å². The maximum absolute atomic E-state index is 11.7. The van der Waals surface area contributed by atoms with Crippen molar-refractivity contribution in [3.63, 3.8) is 0 Å². The van der Waals surface area contributed by atoms with E-state index in [2.05, 4.69) is 5.32 Å². The van der Waals surface area contributed by atoms with Crippen molar-refractivity contribution in [2.24, 2.45) is 0 Å². The molecule has 0 bridgehead atoms. The largest absolute Gasteiger partial charge is 0.463 e. The van der Waals surface area contributed by atoms with Gasteiger partial charge in [-0.1, -0.05) is 18.2 Å². The number of hydrogen-bond donors (Lipinski definition) is 1. The molecule has 4 nitrogen and oxygen atoms in total. The normalized spacial score (nSPS) is 10.8. The zero-order chi connectivity index (χ0) is 12.7. The highest BCUT2D eigenvalue weighted by molar-refractivity contribution is 5.96. The minimum absolute atomic E-state index is 0.247. The third-order valence-corrected chi connectivity index (χ3v) is 1.97. The Kier molecular flexibility index (Phi) is 4.94. The number of benzene rings is 1. The highest BCUT2D eigenvalue weighted by atomic mass is 16.5. The van der Waals surface area contributed by atoms with E-state index in [1.807, 2.05) is 6.07 Å². The summed E-state index contributed by atoms with van der Waals surface area (Å²) in [5, 5.41) is 2.61. The van der Waals surface area contributed by atoms with Crippen LogP contribution in [0, 0.1) is 0 Å². The number of rotatable bonds is 4. The topological polar surface area (TPSA) is 55.4 Å². The van der Waals surface area contributed by atoms with Gasteiger partial charge in [0.25, 0.3) is 5.91 Å². The number of carbonyl (C=O) groups excluding carboxylic acids is 2. The van der Waals surface area contributed by atoms with E-state index in [1.54, 1.807) is 38.1 Å². The molecule has 1 aromatic carbocycles. The summed E-state index contributed by atoms with van der Waals surface area (Å²) >= 11 is 0. The van der Waals surface area contributed by atoms with E-state index in [4.69, 9.17) is 4.74 Å². The van der Waals surface area contributed by atoms with E-state index in [0.717, 1.165) is 0 Å². The molecule has 1 rings (SSSR count). The number of hydrogen-bond acceptors (Lipinski definition) is 3. The van der Waals surface area contributed by atoms with Crippen molar-refractivity contribution in [3.05, 3.63) is 47.7 Å². The lowest BCUT2D eigenvalue weighted by Crippen LogP contribution is -2.22. The molecule has 17 heavy (non-hydrogen) atoms. The number of ether oxygens (including phenoxy) is 1. The van der Waals surface area contributed by atoms with Crippen LogP contribution in [0.3, 0.4) is 0 Å². The summed E-state index contributed by atoms with van der Waals surface area (Å²) in [5.74, 6) is -0.706. The quantitative estimate of drug-likeness (QED) is 0.638. The molecule has 90 valence electrons. The molecule has 0 heterocycles. The van der Waals surface area contributed by atoms with E-state index in [-0.39, 0.29) is 5.91 Å². The fourth-order valence-corrected chi connectivity index (χ4v) is 1.24. The predicted octanol–water partition coefficient (Wildman–Crippen LogP) is 1.88. The standard InChI is InChI=1S/C13H15NO3/c1-3-17-12(15)9-10(2)14-13(16)11-7-5-4-6-8-11/h4-9H,3H2,1-2H3,(H,14,16)/b10-9+. The van der Waals surface area contributed by atoms with E-state index in [1.165, 1.54) is 6.08 Å². The number of amides is 1. The van der Waals surface area contributed by atoms with Crippen molar-refractivity contribution in [1.82, 2.24) is 5.32 Å². The van der Waals surface area contributed by atoms with Crippen molar-refractivity contribution < 1.29 is 14.3 Å². The molecule has 0 aromatic heterocycles. The Morgan fingerprint density at radius 2 is 1.94 bits per heavy atom. The van der Waals surface area contributed by atoms with Gasteiger partial charge in [-0.2, -0.15) is 0 Å². The Bertz CT molecular complexity index is 424. The average molecular weight is 233 g/mol. The van der Waals surface area contributed by atoms with Crippen LogP contribution in [-0.2, 0) is 9.53 Å². The van der Waals surface area contributed by atoms with Gasteiger partial charge in [-0.15, -0.1) is 0 Å². The maximum atomic E-state index is 11.7. The molecule has 1 N–H and O–H groups in total. The minimum atomic E-state index is -0.460. The van der Waals surface area contributed by atoms with Crippen LogP contribution in [-0.4, -0.2) is 18.5 Å². The molecule has 0 aliphatic carbocycles. The minimum Gasteiger partial charge on any atom is -0.463 e. The van der Waals surface area contributed by atoms with Crippen LogP contribution in [0.25, 0.3) is 0 Å². The van der Waals surface area contributed by atoms with Crippen LogP contribution >= 0.6 is 0 Å². The maximum Gasteiger partial charge on any atom is 0.332 e. The van der Waals surface area contributed by atoms with Gasteiger partial charge in [0, 0.05) is 17.3 Å². The third kappa shape index (κ3) is 4.51. The molecule has 0 saturated heterocycles. The monoisotopic (exact) mass is 233 g/mol. The van der Waals surface area contributed by atoms with Crippen LogP contribution in [0.5, 0.6) is 0 Å². The zero-order valence-electron chi connectivity index (χ0n) is 9.90. The fourth-order valence-electron chi connectivity index (χ4n) is 1.24. The first-order chi connectivity index (χ1) is 8.13. The highest BCUT2D eigenvalue weighted by Crippen LogP contribution is 2.00. The molecule has 0 aliphatic rings. The number of esters is 1. The van der Waals surface area contributed by atoms with Gasteiger partial charge in [-0.25, -0.2) is 4.79 Å². The van der Waals surface area contributed by atoms with Crippen LogP contribution in [0.2, 0.25) is 0 Å². The Hall–Kier alpha value is -2.10. The number of carbonyl (C=O) groups is 2. The lowest BCUT2D eigenvalue weighted by atomic mass is 10.2. The van der Waals surface area contributed by atoms with Crippen molar-refractivity contribution in [2.75, 3.05) is 6.61 Å². The summed E-state index contributed by atoms with van der Waals surface area (Å²) in [7, 11) is 0. The molecular formula is C13H15NO3. The smallest absolute Gasteiger partial charge is 0.332 e. The molecule has 1 amide bonds. The molecule has 0 fully saturated rings. The summed E-state index contributed by atoms with van der Waals surface area (Å²) in [6.45, 7) is 3.68. The molecule has 0 aliphatic heterocycles. The van der Waals surface area contributed by atoms with E-state index in [0.29, 0.717) is 17.9 Å². The Morgan fingerprint density at radius 1 is 1.29 bits per heavy atom. The average Bonchev–Trinajstić information content (AvgIpc) is 2.30. The lowest BCUT2D eigenvalue weighted by molar-refractivity contribution is -0.137. The summed E-state index contributed by atoms with van der Waals surface area (Å²) in [6, 6.07) is 8.79. The first kappa shape index (κ1) is 13.0. The number of allylic oxidation sites excluding steroid dienone is 1. The summed E-state index contributed by atoms with van der Waals surface area (Å²) in [6.07, 6.45) is 1.25. The van der Waals surface area contributed by atoms with Gasteiger partial charge < -0.3 is 10.1 Å². The van der Waals surface area contributed by atoms with Crippen molar-refractivity contribution >= 4 is 11.9 Å². The van der Waals surface area contributed by atoms with Gasteiger partial charge in [0.15, 0.2) is 0 Å². The first-order valence-corrected chi connectivity index (χ1v) is 5.35. The molecule has 0 radical (unpaired) electrons. The molecule has 0 atom stereocenters. The van der Waals surface area contributed by atoms with Crippen LogP contribution in [0.4, 0.5) is 0 Å². The molecule has 0 spiro atoms. The SMILES string of the molecule is CCOC(=O)/C=C(\C)NC(=O)c1ccccc1. The molecular weight excluding hydrogens is 218 g/mol. The highest BCUT2D eigenvalue weighted by Gasteiger charge is 2.05. The van der Waals surface area contributed by atoms with Gasteiger partial charge in [-0.05, 0) is 26.0 Å². The second-order valence-electron chi connectivity index (χ2n) is 3.40. The van der Waals surface area contributed by atoms with E-state index in [9.17, 15) is 9.59 Å². The van der Waals surface area contributed by atoms with Crippen LogP contribution < -0.4 is 5.32 Å². The molecule has 4 heteroatoms. The Balaban J connectivity index is 2.60. The fraction of sp³-hybridized carbons (Fsp3) is 0.231. The van der Waals surface area contributed by atoms with Gasteiger partial charge in [0.1, 0.15) is 0 Å². The van der Waals surface area contributed by atoms with Crippen molar-refractivity contribution in [3.8, 4) is 0 Å². The van der Waals surface area contributed by atoms with Crippen molar-refractivity contribution in [1.29, 1.82) is 0 Å². The zero-order valence-corrected chi connectivity index (χ0v) is 9.90. The van der Waals surface area contributed by atoms with Gasteiger partial charge in [-0.3, -0.25) is 4.79 Å². The van der Waals surface area contributed by atoms with E-state index >= 15 is 0 Å². The second-order valence-corrected chi connectivity index (χ2v) is 3.40. The van der Waals surface area contributed by atoms with Crippen LogP contribution in [0.1, 0.15) is 24.2 Å². The molecule has 1 aromatic rings.